The molecule has 0 spiro atoms. The first kappa shape index (κ1) is 30.5. The minimum absolute atomic E-state index is 0.0305. The van der Waals surface area contributed by atoms with Gasteiger partial charge in [0.25, 0.3) is 5.91 Å². The van der Waals surface area contributed by atoms with Gasteiger partial charge in [-0.3, -0.25) is 14.4 Å². The third kappa shape index (κ3) is 6.54. The van der Waals surface area contributed by atoms with Crippen LogP contribution in [0, 0.1) is 11.3 Å². The molecule has 0 saturated carbocycles. The molecule has 3 aromatic carbocycles. The maximum atomic E-state index is 14.2. The van der Waals surface area contributed by atoms with Crippen LogP contribution in [0.1, 0.15) is 62.8 Å². The van der Waals surface area contributed by atoms with Crippen LogP contribution in [0.4, 0.5) is 18.9 Å². The maximum Gasteiger partial charge on any atom is 0.416 e. The number of likely N-dealkylation sites (tertiary alicyclic amines) is 1. The summed E-state index contributed by atoms with van der Waals surface area (Å²) in [6.45, 7) is 6.30. The van der Waals surface area contributed by atoms with E-state index < -0.39 is 53.1 Å². The van der Waals surface area contributed by atoms with Crippen LogP contribution in [0.5, 0.6) is 0 Å². The molecule has 3 unspecified atom stereocenters. The van der Waals surface area contributed by atoms with Gasteiger partial charge in [0.05, 0.1) is 17.9 Å². The third-order valence-electron chi connectivity index (χ3n) is 7.99. The fourth-order valence-corrected chi connectivity index (χ4v) is 5.96. The fourth-order valence-electron chi connectivity index (χ4n) is 5.96. The number of anilines is 1. The molecule has 3 aromatic rings. The molecule has 1 N–H and O–H groups in total. The number of aliphatic carboxylic acids is 1. The minimum atomic E-state index is -4.63. The van der Waals surface area contributed by atoms with Crippen LogP contribution in [-0.2, 0) is 25.3 Å². The van der Waals surface area contributed by atoms with Crippen molar-refractivity contribution in [2.24, 2.45) is 11.3 Å². The summed E-state index contributed by atoms with van der Waals surface area (Å²) in [5.41, 5.74) is -0.256. The van der Waals surface area contributed by atoms with E-state index in [0.717, 1.165) is 22.9 Å². The summed E-state index contributed by atoms with van der Waals surface area (Å²) in [6.07, 6.45) is -6.44. The highest BCUT2D eigenvalue weighted by Crippen LogP contribution is 2.44. The Balaban J connectivity index is 1.64. The van der Waals surface area contributed by atoms with Gasteiger partial charge in [-0.05, 0) is 52.8 Å². The number of nitrogens with zero attached hydrogens (tertiary/aromatic N) is 2. The summed E-state index contributed by atoms with van der Waals surface area (Å²) in [5, 5.41) is 11.1. The van der Waals surface area contributed by atoms with Gasteiger partial charge < -0.3 is 19.6 Å². The summed E-state index contributed by atoms with van der Waals surface area (Å²) in [6, 6.07) is 16.2. The monoisotopic (exact) mass is 596 g/mol. The van der Waals surface area contributed by atoms with Crippen molar-refractivity contribution in [1.29, 1.82) is 0 Å². The van der Waals surface area contributed by atoms with E-state index in [-0.39, 0.29) is 25.1 Å². The maximum absolute atomic E-state index is 14.2. The van der Waals surface area contributed by atoms with Crippen LogP contribution in [-0.4, -0.2) is 53.5 Å². The van der Waals surface area contributed by atoms with E-state index >= 15 is 0 Å². The van der Waals surface area contributed by atoms with Crippen molar-refractivity contribution in [3.63, 3.8) is 0 Å². The topological polar surface area (TPSA) is 87.2 Å². The van der Waals surface area contributed by atoms with Gasteiger partial charge in [-0.2, -0.15) is 13.2 Å². The highest BCUT2D eigenvalue weighted by molar-refractivity contribution is 6.01. The Labute approximate surface area is 248 Å². The highest BCUT2D eigenvalue weighted by atomic mass is 19.4. The average Bonchev–Trinajstić information content (AvgIpc) is 3.06. The van der Waals surface area contributed by atoms with Gasteiger partial charge in [0, 0.05) is 30.9 Å². The Morgan fingerprint density at radius 3 is 2.42 bits per heavy atom. The molecule has 0 aromatic heterocycles. The molecule has 10 heteroatoms. The second-order valence-corrected chi connectivity index (χ2v) is 12.6. The molecule has 0 bridgehead atoms. The van der Waals surface area contributed by atoms with Crippen molar-refractivity contribution >= 4 is 34.2 Å². The lowest BCUT2D eigenvalue weighted by Crippen LogP contribution is -2.47. The molecule has 1 saturated heterocycles. The number of halogens is 3. The standard InChI is InChI=1S/C33H35F3N2O5/c1-32(2,3)19-38-26-14-13-22(33(34,35)36)16-25(26)29(24-12-6-9-20-8-4-5-11-23(20)24)43-27(30(38)40)17-28(39)37-15-7-10-21(18-37)31(41)42/h4-6,8-9,11-14,16,21,27,29H,7,10,15,17-19H2,1-3H3,(H,41,42). The Bertz CT molecular complexity index is 1540. The van der Waals surface area contributed by atoms with Gasteiger partial charge in [-0.1, -0.05) is 63.2 Å². The molecular formula is C33H35F3N2O5. The number of carbonyl (C=O) groups is 3. The molecule has 43 heavy (non-hydrogen) atoms. The lowest BCUT2D eigenvalue weighted by Gasteiger charge is -2.33. The van der Waals surface area contributed by atoms with E-state index in [1.54, 1.807) is 12.1 Å². The van der Waals surface area contributed by atoms with Crippen LogP contribution in [0.2, 0.25) is 0 Å². The van der Waals surface area contributed by atoms with Crippen LogP contribution in [0.15, 0.2) is 60.7 Å². The normalized spacial score (nSPS) is 21.4. The molecule has 3 atom stereocenters. The number of rotatable bonds is 5. The molecule has 2 aliphatic rings. The van der Waals surface area contributed by atoms with Crippen molar-refractivity contribution in [2.75, 3.05) is 24.5 Å². The Hall–Kier alpha value is -3.92. The van der Waals surface area contributed by atoms with Crippen molar-refractivity contribution in [3.8, 4) is 0 Å². The van der Waals surface area contributed by atoms with Gasteiger partial charge >= 0.3 is 12.1 Å². The molecule has 5 rings (SSSR count). The number of fused-ring (bicyclic) bond motifs is 2. The van der Waals surface area contributed by atoms with E-state index in [1.807, 2.05) is 51.1 Å². The predicted molar refractivity (Wildman–Crippen MR) is 155 cm³/mol. The first-order valence-corrected chi connectivity index (χ1v) is 14.4. The zero-order chi connectivity index (χ0) is 31.1. The molecule has 0 radical (unpaired) electrons. The number of carboxylic acid groups (broad SMARTS) is 1. The quantitative estimate of drug-likeness (QED) is 0.367. The van der Waals surface area contributed by atoms with Crippen molar-refractivity contribution < 1.29 is 37.4 Å². The van der Waals surface area contributed by atoms with Crippen LogP contribution >= 0.6 is 0 Å². The number of carbonyl (C=O) groups excluding carboxylic acids is 2. The summed E-state index contributed by atoms with van der Waals surface area (Å²) in [4.78, 5) is 42.2. The van der Waals surface area contributed by atoms with E-state index in [1.165, 1.54) is 15.9 Å². The second-order valence-electron chi connectivity index (χ2n) is 12.6. The van der Waals surface area contributed by atoms with Crippen LogP contribution in [0.3, 0.4) is 0 Å². The molecule has 0 aliphatic carbocycles. The van der Waals surface area contributed by atoms with Gasteiger partial charge in [-0.15, -0.1) is 0 Å². The number of amides is 2. The number of carboxylic acids is 1. The van der Waals surface area contributed by atoms with Crippen molar-refractivity contribution in [1.82, 2.24) is 4.90 Å². The zero-order valence-corrected chi connectivity index (χ0v) is 24.4. The number of hydrogen-bond acceptors (Lipinski definition) is 4. The largest absolute Gasteiger partial charge is 0.481 e. The van der Waals surface area contributed by atoms with Crippen molar-refractivity contribution in [3.05, 3.63) is 77.4 Å². The first-order valence-electron chi connectivity index (χ1n) is 14.4. The van der Waals surface area contributed by atoms with E-state index in [0.29, 0.717) is 30.6 Å². The number of piperidine rings is 1. The Morgan fingerprint density at radius 2 is 1.72 bits per heavy atom. The summed E-state index contributed by atoms with van der Waals surface area (Å²) >= 11 is 0. The lowest BCUT2D eigenvalue weighted by atomic mass is 9.92. The van der Waals surface area contributed by atoms with Gasteiger partial charge in [0.1, 0.15) is 12.2 Å². The number of hydrogen-bond donors (Lipinski definition) is 1. The van der Waals surface area contributed by atoms with Crippen molar-refractivity contribution in [2.45, 2.75) is 58.4 Å². The second kappa shape index (κ2) is 11.6. The van der Waals surface area contributed by atoms with Crippen LogP contribution < -0.4 is 4.90 Å². The first-order chi connectivity index (χ1) is 20.2. The number of alkyl halides is 3. The zero-order valence-electron chi connectivity index (χ0n) is 24.4. The average molecular weight is 597 g/mol. The van der Waals surface area contributed by atoms with Crippen LogP contribution in [0.25, 0.3) is 10.8 Å². The minimum Gasteiger partial charge on any atom is -0.481 e. The number of ether oxygens (including phenoxy) is 1. The highest BCUT2D eigenvalue weighted by Gasteiger charge is 2.42. The molecule has 2 aliphatic heterocycles. The Morgan fingerprint density at radius 1 is 1.00 bits per heavy atom. The predicted octanol–water partition coefficient (Wildman–Crippen LogP) is 6.44. The van der Waals surface area contributed by atoms with E-state index in [9.17, 15) is 32.7 Å². The molecular weight excluding hydrogens is 561 g/mol. The molecule has 228 valence electrons. The van der Waals surface area contributed by atoms with E-state index in [2.05, 4.69) is 0 Å². The SMILES string of the molecule is CC(C)(C)CN1C(=O)C(CC(=O)N2CCCC(C(=O)O)C2)OC(c2cccc3ccccc23)c2cc(C(F)(F)F)ccc21. The van der Waals surface area contributed by atoms with Gasteiger partial charge in [-0.25, -0.2) is 0 Å². The molecule has 2 heterocycles. The number of benzene rings is 3. The summed E-state index contributed by atoms with van der Waals surface area (Å²) in [7, 11) is 0. The third-order valence-corrected chi connectivity index (χ3v) is 7.99. The molecule has 7 nitrogen and oxygen atoms in total. The molecule has 2 amide bonds. The summed E-state index contributed by atoms with van der Waals surface area (Å²) in [5.74, 6) is -2.64. The lowest BCUT2D eigenvalue weighted by molar-refractivity contribution is -0.148. The smallest absolute Gasteiger partial charge is 0.416 e. The van der Waals surface area contributed by atoms with Gasteiger partial charge in [0.15, 0.2) is 0 Å². The Kier molecular flexibility index (Phi) is 8.26. The van der Waals surface area contributed by atoms with E-state index in [4.69, 9.17) is 4.74 Å². The molecule has 1 fully saturated rings. The fraction of sp³-hybridized carbons (Fsp3) is 0.424. The summed E-state index contributed by atoms with van der Waals surface area (Å²) < 4.78 is 48.5. The van der Waals surface area contributed by atoms with Gasteiger partial charge in [0.2, 0.25) is 5.91 Å².